The first-order chi connectivity index (χ1) is 9.85. The molecule has 1 saturated carbocycles. The van der Waals surface area contributed by atoms with Crippen molar-refractivity contribution in [3.8, 4) is 0 Å². The molecule has 0 spiro atoms. The van der Waals surface area contributed by atoms with E-state index in [1.165, 1.54) is 19.3 Å². The van der Waals surface area contributed by atoms with Gasteiger partial charge in [-0.25, -0.2) is 9.97 Å². The molecule has 0 unspecified atom stereocenters. The van der Waals surface area contributed by atoms with Gasteiger partial charge in [0, 0.05) is 23.4 Å². The average Bonchev–Trinajstić information content (AvgIpc) is 2.45. The van der Waals surface area contributed by atoms with Crippen LogP contribution in [0, 0.1) is 5.41 Å². The van der Waals surface area contributed by atoms with Crippen LogP contribution in [-0.4, -0.2) is 28.2 Å². The van der Waals surface area contributed by atoms with E-state index in [-0.39, 0.29) is 17.4 Å². The Labute approximate surface area is 132 Å². The van der Waals surface area contributed by atoms with Crippen molar-refractivity contribution in [2.45, 2.75) is 58.3 Å². The SMILES string of the molecule is CC(C)(C)c1nc(Cl)cc(NCC2(CO)CCCCC2)n1. The molecule has 5 heteroatoms. The van der Waals surface area contributed by atoms with E-state index in [4.69, 9.17) is 11.6 Å². The highest BCUT2D eigenvalue weighted by Crippen LogP contribution is 2.36. The Morgan fingerprint density at radius 3 is 2.48 bits per heavy atom. The number of aliphatic hydroxyl groups excluding tert-OH is 1. The summed E-state index contributed by atoms with van der Waals surface area (Å²) in [6.07, 6.45) is 5.80. The predicted octanol–water partition coefficient (Wildman–Crippen LogP) is 3.78. The summed E-state index contributed by atoms with van der Waals surface area (Å²) in [5, 5.41) is 13.6. The van der Waals surface area contributed by atoms with Crippen molar-refractivity contribution in [2.75, 3.05) is 18.5 Å². The van der Waals surface area contributed by atoms with Gasteiger partial charge in [0.15, 0.2) is 0 Å². The molecule has 1 aliphatic rings. The molecule has 0 aromatic carbocycles. The van der Waals surface area contributed by atoms with E-state index in [1.54, 1.807) is 6.07 Å². The maximum absolute atomic E-state index is 9.76. The highest BCUT2D eigenvalue weighted by molar-refractivity contribution is 6.29. The number of rotatable bonds is 4. The first-order valence-corrected chi connectivity index (χ1v) is 8.12. The Hall–Kier alpha value is -0.870. The molecule has 2 rings (SSSR count). The van der Waals surface area contributed by atoms with Crippen molar-refractivity contribution in [3.05, 3.63) is 17.0 Å². The molecule has 0 radical (unpaired) electrons. The summed E-state index contributed by atoms with van der Waals surface area (Å²) in [6, 6.07) is 1.75. The van der Waals surface area contributed by atoms with Crippen molar-refractivity contribution in [1.82, 2.24) is 9.97 Å². The maximum Gasteiger partial charge on any atom is 0.137 e. The van der Waals surface area contributed by atoms with Crippen LogP contribution < -0.4 is 5.32 Å². The molecular formula is C16H26ClN3O. The second-order valence-electron chi connectivity index (χ2n) is 7.22. The number of aromatic nitrogens is 2. The van der Waals surface area contributed by atoms with Crippen LogP contribution in [0.3, 0.4) is 0 Å². The van der Waals surface area contributed by atoms with E-state index < -0.39 is 0 Å². The second kappa shape index (κ2) is 6.49. The minimum Gasteiger partial charge on any atom is -0.396 e. The van der Waals surface area contributed by atoms with Gasteiger partial charge in [-0.05, 0) is 12.8 Å². The zero-order valence-electron chi connectivity index (χ0n) is 13.2. The van der Waals surface area contributed by atoms with Gasteiger partial charge in [0.1, 0.15) is 16.8 Å². The third-order valence-corrected chi connectivity index (χ3v) is 4.45. The molecule has 1 aromatic heterocycles. The van der Waals surface area contributed by atoms with Gasteiger partial charge in [-0.1, -0.05) is 51.6 Å². The first-order valence-electron chi connectivity index (χ1n) is 7.74. The molecule has 0 saturated heterocycles. The van der Waals surface area contributed by atoms with Gasteiger partial charge >= 0.3 is 0 Å². The van der Waals surface area contributed by atoms with Gasteiger partial charge < -0.3 is 10.4 Å². The molecule has 0 bridgehead atoms. The van der Waals surface area contributed by atoms with Crippen molar-refractivity contribution in [2.24, 2.45) is 5.41 Å². The van der Waals surface area contributed by atoms with Crippen molar-refractivity contribution in [3.63, 3.8) is 0 Å². The lowest BCUT2D eigenvalue weighted by molar-refractivity contribution is 0.0943. The van der Waals surface area contributed by atoms with Crippen LogP contribution in [0.2, 0.25) is 5.15 Å². The molecule has 4 nitrogen and oxygen atoms in total. The summed E-state index contributed by atoms with van der Waals surface area (Å²) in [4.78, 5) is 8.87. The number of nitrogens with one attached hydrogen (secondary N) is 1. The zero-order valence-corrected chi connectivity index (χ0v) is 14.0. The summed E-state index contributed by atoms with van der Waals surface area (Å²) in [7, 11) is 0. The molecule has 2 N–H and O–H groups in total. The lowest BCUT2D eigenvalue weighted by atomic mass is 9.74. The van der Waals surface area contributed by atoms with Gasteiger partial charge in [0.05, 0.1) is 6.61 Å². The van der Waals surface area contributed by atoms with E-state index in [2.05, 4.69) is 36.1 Å². The van der Waals surface area contributed by atoms with Crippen molar-refractivity contribution >= 4 is 17.4 Å². The molecule has 1 heterocycles. The van der Waals surface area contributed by atoms with Crippen LogP contribution in [0.15, 0.2) is 6.07 Å². The second-order valence-corrected chi connectivity index (χ2v) is 7.61. The monoisotopic (exact) mass is 311 g/mol. The van der Waals surface area contributed by atoms with E-state index in [0.29, 0.717) is 5.15 Å². The molecule has 21 heavy (non-hydrogen) atoms. The third kappa shape index (κ3) is 4.30. The quantitative estimate of drug-likeness (QED) is 0.831. The molecule has 0 amide bonds. The van der Waals surface area contributed by atoms with Crippen LogP contribution in [0.5, 0.6) is 0 Å². The summed E-state index contributed by atoms with van der Waals surface area (Å²) < 4.78 is 0. The standard InChI is InChI=1S/C16H26ClN3O/c1-15(2,3)14-19-12(17)9-13(20-14)18-10-16(11-21)7-5-4-6-8-16/h9,21H,4-8,10-11H2,1-3H3,(H,18,19,20). The number of anilines is 1. The summed E-state index contributed by atoms with van der Waals surface area (Å²) in [5.74, 6) is 1.48. The number of halogens is 1. The highest BCUT2D eigenvalue weighted by Gasteiger charge is 2.31. The highest BCUT2D eigenvalue weighted by atomic mass is 35.5. The Bertz CT molecular complexity index is 479. The Morgan fingerprint density at radius 1 is 1.24 bits per heavy atom. The molecule has 118 valence electrons. The molecule has 0 aliphatic heterocycles. The summed E-state index contributed by atoms with van der Waals surface area (Å²) in [6.45, 7) is 7.17. The number of nitrogens with zero attached hydrogens (tertiary/aromatic N) is 2. The van der Waals surface area contributed by atoms with Crippen LogP contribution >= 0.6 is 11.6 Å². The molecule has 1 aromatic rings. The lowest BCUT2D eigenvalue weighted by Crippen LogP contribution is -2.35. The minimum absolute atomic E-state index is 0.0163. The maximum atomic E-state index is 9.76. The fourth-order valence-corrected chi connectivity index (χ4v) is 3.00. The Balaban J connectivity index is 2.10. The van der Waals surface area contributed by atoms with Crippen molar-refractivity contribution < 1.29 is 5.11 Å². The smallest absolute Gasteiger partial charge is 0.137 e. The van der Waals surface area contributed by atoms with Gasteiger partial charge in [-0.2, -0.15) is 0 Å². The molecule has 1 fully saturated rings. The lowest BCUT2D eigenvalue weighted by Gasteiger charge is -2.35. The topological polar surface area (TPSA) is 58.0 Å². The number of hydrogen-bond acceptors (Lipinski definition) is 4. The van der Waals surface area contributed by atoms with Crippen LogP contribution in [0.25, 0.3) is 0 Å². The van der Waals surface area contributed by atoms with Gasteiger partial charge in [-0.15, -0.1) is 0 Å². The first kappa shape index (κ1) is 16.5. The van der Waals surface area contributed by atoms with E-state index in [0.717, 1.165) is 31.0 Å². The van der Waals surface area contributed by atoms with E-state index >= 15 is 0 Å². The molecular weight excluding hydrogens is 286 g/mol. The van der Waals surface area contributed by atoms with Gasteiger partial charge in [0.25, 0.3) is 0 Å². The normalized spacial score (nSPS) is 18.5. The van der Waals surface area contributed by atoms with Crippen LogP contribution in [0.1, 0.15) is 58.7 Å². The Morgan fingerprint density at radius 2 is 1.90 bits per heavy atom. The predicted molar refractivity (Wildman–Crippen MR) is 86.8 cm³/mol. The van der Waals surface area contributed by atoms with Gasteiger partial charge in [-0.3, -0.25) is 0 Å². The Kier molecular flexibility index (Phi) is 5.10. The summed E-state index contributed by atoms with van der Waals surface area (Å²) in [5.41, 5.74) is -0.154. The van der Waals surface area contributed by atoms with Crippen LogP contribution in [0.4, 0.5) is 5.82 Å². The minimum atomic E-state index is -0.138. The molecule has 1 aliphatic carbocycles. The fraction of sp³-hybridized carbons (Fsp3) is 0.750. The number of hydrogen-bond donors (Lipinski definition) is 2. The van der Waals surface area contributed by atoms with Crippen LogP contribution in [-0.2, 0) is 5.41 Å². The largest absolute Gasteiger partial charge is 0.396 e. The fourth-order valence-electron chi connectivity index (χ4n) is 2.81. The zero-order chi connectivity index (χ0) is 15.5. The molecule has 0 atom stereocenters. The summed E-state index contributed by atoms with van der Waals surface area (Å²) >= 11 is 6.11. The van der Waals surface area contributed by atoms with Gasteiger partial charge in [0.2, 0.25) is 0 Å². The number of aliphatic hydroxyl groups is 1. The third-order valence-electron chi connectivity index (χ3n) is 4.26. The average molecular weight is 312 g/mol. The van der Waals surface area contributed by atoms with Crippen molar-refractivity contribution in [1.29, 1.82) is 0 Å². The van der Waals surface area contributed by atoms with E-state index in [1.807, 2.05) is 0 Å². The van der Waals surface area contributed by atoms with E-state index in [9.17, 15) is 5.11 Å².